The zero-order valence-corrected chi connectivity index (χ0v) is 11.3. The topological polar surface area (TPSA) is 50.3 Å². The SMILES string of the molecule is COc1cccc(-c2nc3cc(C)ccn3c2C#N)c1. The molecule has 2 aromatic heterocycles. The van der Waals surface area contributed by atoms with Crippen molar-refractivity contribution in [1.29, 1.82) is 5.26 Å². The van der Waals surface area contributed by atoms with Crippen molar-refractivity contribution < 1.29 is 4.74 Å². The lowest BCUT2D eigenvalue weighted by molar-refractivity contribution is 0.415. The molecule has 3 aromatic rings. The highest BCUT2D eigenvalue weighted by atomic mass is 16.5. The van der Waals surface area contributed by atoms with Crippen LogP contribution in [-0.2, 0) is 0 Å². The second kappa shape index (κ2) is 4.71. The summed E-state index contributed by atoms with van der Waals surface area (Å²) in [5, 5.41) is 9.42. The standard InChI is InChI=1S/C16H13N3O/c1-11-6-7-19-14(10-17)16(18-15(19)8-11)12-4-3-5-13(9-12)20-2/h3-9H,1-2H3. The summed E-state index contributed by atoms with van der Waals surface area (Å²) in [6, 6.07) is 13.7. The Morgan fingerprint density at radius 1 is 1.25 bits per heavy atom. The van der Waals surface area contributed by atoms with Gasteiger partial charge in [0, 0.05) is 11.8 Å². The molecule has 4 heteroatoms. The maximum atomic E-state index is 9.42. The molecule has 0 N–H and O–H groups in total. The van der Waals surface area contributed by atoms with E-state index < -0.39 is 0 Å². The molecule has 0 atom stereocenters. The van der Waals surface area contributed by atoms with Crippen molar-refractivity contribution in [2.24, 2.45) is 0 Å². The molecule has 0 aliphatic heterocycles. The van der Waals surface area contributed by atoms with E-state index in [1.165, 1.54) is 0 Å². The van der Waals surface area contributed by atoms with Crippen molar-refractivity contribution in [1.82, 2.24) is 9.38 Å². The number of imidazole rings is 1. The number of nitrogens with zero attached hydrogens (tertiary/aromatic N) is 3. The number of aromatic nitrogens is 2. The Bertz CT molecular complexity index is 827. The van der Waals surface area contributed by atoms with Gasteiger partial charge in [0.05, 0.1) is 7.11 Å². The van der Waals surface area contributed by atoms with Gasteiger partial charge in [0.1, 0.15) is 23.2 Å². The molecule has 0 saturated heterocycles. The lowest BCUT2D eigenvalue weighted by Gasteiger charge is -2.02. The fourth-order valence-electron chi connectivity index (χ4n) is 2.23. The van der Waals surface area contributed by atoms with Gasteiger partial charge in [0.25, 0.3) is 0 Å². The van der Waals surface area contributed by atoms with Crippen LogP contribution in [0, 0.1) is 18.3 Å². The van der Waals surface area contributed by atoms with Gasteiger partial charge < -0.3 is 4.74 Å². The van der Waals surface area contributed by atoms with Crippen LogP contribution < -0.4 is 4.74 Å². The Balaban J connectivity index is 2.27. The molecule has 20 heavy (non-hydrogen) atoms. The van der Waals surface area contributed by atoms with Crippen LogP contribution in [0.15, 0.2) is 42.6 Å². The van der Waals surface area contributed by atoms with Gasteiger partial charge in [0.15, 0.2) is 5.69 Å². The number of ether oxygens (including phenoxy) is 1. The van der Waals surface area contributed by atoms with E-state index in [1.54, 1.807) is 7.11 Å². The first-order valence-corrected chi connectivity index (χ1v) is 6.26. The Labute approximate surface area is 116 Å². The van der Waals surface area contributed by atoms with E-state index >= 15 is 0 Å². The van der Waals surface area contributed by atoms with Crippen molar-refractivity contribution in [3.05, 3.63) is 53.9 Å². The minimum atomic E-state index is 0.535. The van der Waals surface area contributed by atoms with Crippen LogP contribution in [0.3, 0.4) is 0 Å². The van der Waals surface area contributed by atoms with E-state index in [2.05, 4.69) is 11.1 Å². The number of hydrogen-bond donors (Lipinski definition) is 0. The quantitative estimate of drug-likeness (QED) is 0.713. The first-order valence-electron chi connectivity index (χ1n) is 6.26. The molecular formula is C16H13N3O. The number of benzene rings is 1. The fourth-order valence-corrected chi connectivity index (χ4v) is 2.23. The largest absolute Gasteiger partial charge is 0.497 e. The van der Waals surface area contributed by atoms with Crippen LogP contribution in [0.5, 0.6) is 5.75 Å². The van der Waals surface area contributed by atoms with E-state index in [4.69, 9.17) is 4.74 Å². The molecule has 0 unspecified atom stereocenters. The summed E-state index contributed by atoms with van der Waals surface area (Å²) in [7, 11) is 1.62. The van der Waals surface area contributed by atoms with E-state index in [9.17, 15) is 5.26 Å². The second-order valence-electron chi connectivity index (χ2n) is 4.59. The third-order valence-electron chi connectivity index (χ3n) is 3.23. The summed E-state index contributed by atoms with van der Waals surface area (Å²) in [5.74, 6) is 0.750. The molecule has 3 rings (SSSR count). The number of methoxy groups -OCH3 is 1. The maximum Gasteiger partial charge on any atom is 0.152 e. The minimum Gasteiger partial charge on any atom is -0.497 e. The Morgan fingerprint density at radius 2 is 2.10 bits per heavy atom. The van der Waals surface area contributed by atoms with Crippen LogP contribution in [-0.4, -0.2) is 16.5 Å². The molecule has 2 heterocycles. The van der Waals surface area contributed by atoms with Gasteiger partial charge in [0.2, 0.25) is 0 Å². The molecule has 0 spiro atoms. The van der Waals surface area contributed by atoms with Crippen LogP contribution in [0.2, 0.25) is 0 Å². The summed E-state index contributed by atoms with van der Waals surface area (Å²) >= 11 is 0. The lowest BCUT2D eigenvalue weighted by Crippen LogP contribution is -1.89. The normalized spacial score (nSPS) is 10.4. The Hall–Kier alpha value is -2.80. The van der Waals surface area contributed by atoms with Crippen LogP contribution in [0.1, 0.15) is 11.3 Å². The predicted molar refractivity (Wildman–Crippen MR) is 76.6 cm³/mol. The number of aryl methyl sites for hydroxylation is 1. The van der Waals surface area contributed by atoms with Gasteiger partial charge in [-0.2, -0.15) is 5.26 Å². The van der Waals surface area contributed by atoms with Crippen molar-refractivity contribution in [2.75, 3.05) is 7.11 Å². The molecule has 0 fully saturated rings. The summed E-state index contributed by atoms with van der Waals surface area (Å²) < 4.78 is 7.03. The van der Waals surface area contributed by atoms with Crippen molar-refractivity contribution in [3.63, 3.8) is 0 Å². The highest BCUT2D eigenvalue weighted by Gasteiger charge is 2.14. The van der Waals surface area contributed by atoms with Gasteiger partial charge >= 0.3 is 0 Å². The van der Waals surface area contributed by atoms with E-state index in [1.807, 2.05) is 53.9 Å². The molecule has 0 amide bonds. The third kappa shape index (κ3) is 1.90. The summed E-state index contributed by atoms with van der Waals surface area (Å²) in [4.78, 5) is 4.57. The number of nitriles is 1. The molecule has 1 aromatic carbocycles. The monoisotopic (exact) mass is 263 g/mol. The summed E-state index contributed by atoms with van der Waals surface area (Å²) in [6.45, 7) is 2.01. The molecule has 0 aliphatic rings. The zero-order valence-electron chi connectivity index (χ0n) is 11.3. The van der Waals surface area contributed by atoms with E-state index in [-0.39, 0.29) is 0 Å². The summed E-state index contributed by atoms with van der Waals surface area (Å²) in [5.41, 5.74) is 3.98. The molecule has 0 aliphatic carbocycles. The van der Waals surface area contributed by atoms with E-state index in [0.29, 0.717) is 11.4 Å². The molecular weight excluding hydrogens is 250 g/mol. The van der Waals surface area contributed by atoms with Crippen LogP contribution in [0.4, 0.5) is 0 Å². The second-order valence-corrected chi connectivity index (χ2v) is 4.59. The third-order valence-corrected chi connectivity index (χ3v) is 3.23. The van der Waals surface area contributed by atoms with Crippen molar-refractivity contribution >= 4 is 5.65 Å². The minimum absolute atomic E-state index is 0.535. The first-order chi connectivity index (χ1) is 9.72. The first kappa shape index (κ1) is 12.2. The van der Waals surface area contributed by atoms with Gasteiger partial charge in [-0.25, -0.2) is 4.98 Å². The fraction of sp³-hybridized carbons (Fsp3) is 0.125. The van der Waals surface area contributed by atoms with Crippen LogP contribution >= 0.6 is 0 Å². The molecule has 0 bridgehead atoms. The smallest absolute Gasteiger partial charge is 0.152 e. The highest BCUT2D eigenvalue weighted by molar-refractivity contribution is 5.70. The number of pyridine rings is 1. The number of fused-ring (bicyclic) bond motifs is 1. The predicted octanol–water partition coefficient (Wildman–Crippen LogP) is 3.19. The molecule has 4 nitrogen and oxygen atoms in total. The van der Waals surface area contributed by atoms with Crippen molar-refractivity contribution in [2.45, 2.75) is 6.92 Å². The zero-order chi connectivity index (χ0) is 14.1. The molecule has 98 valence electrons. The number of rotatable bonds is 2. The van der Waals surface area contributed by atoms with Gasteiger partial charge in [-0.1, -0.05) is 12.1 Å². The molecule has 0 saturated carbocycles. The van der Waals surface area contributed by atoms with Gasteiger partial charge in [-0.05, 0) is 36.8 Å². The lowest BCUT2D eigenvalue weighted by atomic mass is 10.1. The Kier molecular flexibility index (Phi) is 2.88. The van der Waals surface area contributed by atoms with Crippen molar-refractivity contribution in [3.8, 4) is 23.1 Å². The number of hydrogen-bond acceptors (Lipinski definition) is 3. The average molecular weight is 263 g/mol. The summed E-state index contributed by atoms with van der Waals surface area (Å²) in [6.07, 6.45) is 1.87. The average Bonchev–Trinajstić information content (AvgIpc) is 2.84. The molecule has 0 radical (unpaired) electrons. The highest BCUT2D eigenvalue weighted by Crippen LogP contribution is 2.27. The van der Waals surface area contributed by atoms with E-state index in [0.717, 1.165) is 22.5 Å². The maximum absolute atomic E-state index is 9.42. The van der Waals surface area contributed by atoms with Gasteiger partial charge in [-0.15, -0.1) is 0 Å². The Morgan fingerprint density at radius 3 is 2.85 bits per heavy atom. The van der Waals surface area contributed by atoms with Gasteiger partial charge in [-0.3, -0.25) is 4.40 Å². The van der Waals surface area contributed by atoms with Crippen LogP contribution in [0.25, 0.3) is 16.9 Å².